The predicted octanol–water partition coefficient (Wildman–Crippen LogP) is 2.00. The number of benzene rings is 2. The Morgan fingerprint density at radius 2 is 1.92 bits per heavy atom. The molecule has 1 N–H and O–H groups in total. The van der Waals surface area contributed by atoms with Crippen molar-refractivity contribution >= 4 is 16.0 Å². The van der Waals surface area contributed by atoms with Gasteiger partial charge in [-0.1, -0.05) is 12.1 Å². The Morgan fingerprint density at radius 1 is 1.16 bits per heavy atom. The first-order valence-corrected chi connectivity index (χ1v) is 8.53. The van der Waals surface area contributed by atoms with Crippen LogP contribution in [0.5, 0.6) is 5.75 Å². The Bertz CT molecular complexity index is 871. The van der Waals surface area contributed by atoms with Crippen molar-refractivity contribution in [3.8, 4) is 5.75 Å². The SMILES string of the molecule is COc1ccc(COC(=O)CNS(=O)(=O)c2cccc(F)c2)cc1F. The van der Waals surface area contributed by atoms with Crippen LogP contribution in [0, 0.1) is 11.6 Å². The predicted molar refractivity (Wildman–Crippen MR) is 84.3 cm³/mol. The van der Waals surface area contributed by atoms with Crippen LogP contribution in [-0.2, 0) is 26.2 Å². The van der Waals surface area contributed by atoms with Gasteiger partial charge in [-0.25, -0.2) is 17.2 Å². The van der Waals surface area contributed by atoms with Crippen LogP contribution in [0.3, 0.4) is 0 Å². The zero-order chi connectivity index (χ0) is 18.4. The molecular formula is C16H15F2NO5S. The molecule has 0 aliphatic rings. The minimum atomic E-state index is -4.04. The second-order valence-electron chi connectivity index (χ2n) is 4.91. The van der Waals surface area contributed by atoms with Gasteiger partial charge in [0.15, 0.2) is 11.6 Å². The molecule has 2 aromatic carbocycles. The van der Waals surface area contributed by atoms with Crippen molar-refractivity contribution in [2.24, 2.45) is 0 Å². The summed E-state index contributed by atoms with van der Waals surface area (Å²) in [4.78, 5) is 11.3. The Balaban J connectivity index is 1.89. The lowest BCUT2D eigenvalue weighted by molar-refractivity contribution is -0.143. The number of halogens is 2. The lowest BCUT2D eigenvalue weighted by Crippen LogP contribution is -2.30. The Hall–Kier alpha value is -2.52. The standard InChI is InChI=1S/C16H15F2NO5S/c1-23-15-6-5-11(7-14(15)18)10-24-16(20)9-19-25(21,22)13-4-2-3-12(17)8-13/h2-8,19H,9-10H2,1H3. The maximum absolute atomic E-state index is 13.5. The van der Waals surface area contributed by atoms with E-state index in [1.54, 1.807) is 0 Å². The highest BCUT2D eigenvalue weighted by Gasteiger charge is 2.16. The van der Waals surface area contributed by atoms with Crippen LogP contribution in [0.2, 0.25) is 0 Å². The number of carbonyl (C=O) groups excluding carboxylic acids is 1. The summed E-state index contributed by atoms with van der Waals surface area (Å²) in [5.74, 6) is -2.14. The lowest BCUT2D eigenvalue weighted by atomic mass is 10.2. The van der Waals surface area contributed by atoms with Gasteiger partial charge in [0.1, 0.15) is 19.0 Å². The largest absolute Gasteiger partial charge is 0.494 e. The van der Waals surface area contributed by atoms with Crippen molar-refractivity contribution in [2.75, 3.05) is 13.7 Å². The summed E-state index contributed by atoms with van der Waals surface area (Å²) < 4.78 is 62.1. The highest BCUT2D eigenvalue weighted by atomic mass is 32.2. The van der Waals surface area contributed by atoms with Crippen molar-refractivity contribution in [1.29, 1.82) is 0 Å². The van der Waals surface area contributed by atoms with E-state index < -0.39 is 34.2 Å². The van der Waals surface area contributed by atoms with Gasteiger partial charge in [-0.3, -0.25) is 4.79 Å². The molecule has 0 amide bonds. The third kappa shape index (κ3) is 5.23. The summed E-state index contributed by atoms with van der Waals surface area (Å²) in [5.41, 5.74) is 0.375. The van der Waals surface area contributed by atoms with Crippen LogP contribution in [-0.4, -0.2) is 28.0 Å². The van der Waals surface area contributed by atoms with Crippen molar-refractivity contribution in [2.45, 2.75) is 11.5 Å². The molecular weight excluding hydrogens is 356 g/mol. The molecule has 6 nitrogen and oxygen atoms in total. The van der Waals surface area contributed by atoms with Crippen LogP contribution in [0.25, 0.3) is 0 Å². The second-order valence-corrected chi connectivity index (χ2v) is 6.68. The summed E-state index contributed by atoms with van der Waals surface area (Å²) in [6.07, 6.45) is 0. The fourth-order valence-corrected chi connectivity index (χ4v) is 2.89. The topological polar surface area (TPSA) is 81.7 Å². The van der Waals surface area contributed by atoms with E-state index in [9.17, 15) is 22.0 Å². The van der Waals surface area contributed by atoms with Crippen LogP contribution in [0.15, 0.2) is 47.4 Å². The quantitative estimate of drug-likeness (QED) is 0.753. The maximum atomic E-state index is 13.5. The number of hydrogen-bond acceptors (Lipinski definition) is 5. The second kappa shape index (κ2) is 8.04. The molecule has 0 saturated heterocycles. The van der Waals surface area contributed by atoms with E-state index in [2.05, 4.69) is 0 Å². The molecule has 0 aliphatic carbocycles. The van der Waals surface area contributed by atoms with E-state index in [1.807, 2.05) is 4.72 Å². The number of nitrogens with one attached hydrogen (secondary N) is 1. The highest BCUT2D eigenvalue weighted by molar-refractivity contribution is 7.89. The first-order chi connectivity index (χ1) is 11.8. The Labute approximate surface area is 143 Å². The van der Waals surface area contributed by atoms with E-state index in [0.717, 1.165) is 18.2 Å². The lowest BCUT2D eigenvalue weighted by Gasteiger charge is -2.08. The average Bonchev–Trinajstić information content (AvgIpc) is 2.58. The average molecular weight is 371 g/mol. The molecule has 2 aromatic rings. The smallest absolute Gasteiger partial charge is 0.321 e. The number of ether oxygens (including phenoxy) is 2. The summed E-state index contributed by atoms with van der Waals surface area (Å²) in [6, 6.07) is 8.38. The number of sulfonamides is 1. The van der Waals surface area contributed by atoms with Crippen LogP contribution in [0.4, 0.5) is 8.78 Å². The van der Waals surface area contributed by atoms with Gasteiger partial charge in [0, 0.05) is 0 Å². The Morgan fingerprint density at radius 3 is 2.56 bits per heavy atom. The van der Waals surface area contributed by atoms with Gasteiger partial charge in [-0.05, 0) is 35.9 Å². The minimum Gasteiger partial charge on any atom is -0.494 e. The molecule has 0 spiro atoms. The van der Waals surface area contributed by atoms with Gasteiger partial charge in [-0.15, -0.1) is 0 Å². The van der Waals surface area contributed by atoms with E-state index in [1.165, 1.54) is 31.4 Å². The molecule has 2 rings (SSSR count). The number of esters is 1. The van der Waals surface area contributed by atoms with Crippen LogP contribution in [0.1, 0.15) is 5.56 Å². The monoisotopic (exact) mass is 371 g/mol. The molecule has 25 heavy (non-hydrogen) atoms. The fraction of sp³-hybridized carbons (Fsp3) is 0.188. The molecule has 9 heteroatoms. The normalized spacial score (nSPS) is 11.2. The molecule has 0 unspecified atom stereocenters. The van der Waals surface area contributed by atoms with Gasteiger partial charge in [-0.2, -0.15) is 4.72 Å². The third-order valence-corrected chi connectivity index (χ3v) is 4.53. The van der Waals surface area contributed by atoms with Crippen molar-refractivity contribution in [3.05, 3.63) is 59.7 Å². The fourth-order valence-electron chi connectivity index (χ4n) is 1.89. The van der Waals surface area contributed by atoms with E-state index in [-0.39, 0.29) is 17.3 Å². The number of rotatable bonds is 7. The first-order valence-electron chi connectivity index (χ1n) is 7.05. The zero-order valence-corrected chi connectivity index (χ0v) is 14.0. The molecule has 0 radical (unpaired) electrons. The van der Waals surface area contributed by atoms with Gasteiger partial charge < -0.3 is 9.47 Å². The van der Waals surface area contributed by atoms with E-state index >= 15 is 0 Å². The molecule has 0 heterocycles. The van der Waals surface area contributed by atoms with Gasteiger partial charge in [0.25, 0.3) is 0 Å². The molecule has 0 atom stereocenters. The van der Waals surface area contributed by atoms with Crippen molar-refractivity contribution in [3.63, 3.8) is 0 Å². The summed E-state index contributed by atoms with van der Waals surface area (Å²) >= 11 is 0. The zero-order valence-electron chi connectivity index (χ0n) is 13.2. The van der Waals surface area contributed by atoms with E-state index in [4.69, 9.17) is 9.47 Å². The van der Waals surface area contributed by atoms with Gasteiger partial charge in [0.2, 0.25) is 10.0 Å². The summed E-state index contributed by atoms with van der Waals surface area (Å²) in [5, 5.41) is 0. The summed E-state index contributed by atoms with van der Waals surface area (Å²) in [6.45, 7) is -0.876. The van der Waals surface area contributed by atoms with E-state index in [0.29, 0.717) is 5.56 Å². The van der Waals surface area contributed by atoms with Crippen molar-refractivity contribution < 1.29 is 31.5 Å². The molecule has 134 valence electrons. The number of carbonyl (C=O) groups is 1. The number of methoxy groups -OCH3 is 1. The maximum Gasteiger partial charge on any atom is 0.321 e. The summed E-state index contributed by atoms with van der Waals surface area (Å²) in [7, 11) is -2.72. The van der Waals surface area contributed by atoms with Crippen LogP contribution < -0.4 is 9.46 Å². The molecule has 0 fully saturated rings. The van der Waals surface area contributed by atoms with Crippen LogP contribution >= 0.6 is 0 Å². The molecule has 0 aliphatic heterocycles. The van der Waals surface area contributed by atoms with Gasteiger partial charge >= 0.3 is 5.97 Å². The molecule has 0 saturated carbocycles. The van der Waals surface area contributed by atoms with Gasteiger partial charge in [0.05, 0.1) is 12.0 Å². The number of hydrogen-bond donors (Lipinski definition) is 1. The Kier molecular flexibility index (Phi) is 6.05. The molecule has 0 aromatic heterocycles. The van der Waals surface area contributed by atoms with Crippen molar-refractivity contribution in [1.82, 2.24) is 4.72 Å². The minimum absolute atomic E-state index is 0.0536. The first kappa shape index (κ1) is 18.8. The molecule has 0 bridgehead atoms. The highest BCUT2D eigenvalue weighted by Crippen LogP contribution is 2.18. The third-order valence-electron chi connectivity index (χ3n) is 3.13.